The fraction of sp³-hybridized carbons (Fsp3) is 0.364. The van der Waals surface area contributed by atoms with Crippen molar-refractivity contribution in [3.05, 3.63) is 36.2 Å². The number of rotatable bonds is 9. The molecule has 1 aliphatic rings. The van der Waals surface area contributed by atoms with Gasteiger partial charge in [0.05, 0.1) is 71.3 Å². The first-order valence-electron chi connectivity index (χ1n) is 11.2. The Hall–Kier alpha value is -3.85. The molecule has 14 heteroatoms. The molecule has 36 heavy (non-hydrogen) atoms. The van der Waals surface area contributed by atoms with E-state index >= 15 is 0 Å². The van der Waals surface area contributed by atoms with Crippen LogP contribution in [0.3, 0.4) is 0 Å². The average Bonchev–Trinajstić information content (AvgIpc) is 3.60. The van der Waals surface area contributed by atoms with E-state index in [1.165, 1.54) is 15.6 Å². The molecule has 4 aromatic rings. The zero-order valence-electron chi connectivity index (χ0n) is 19.4. The van der Waals surface area contributed by atoms with E-state index in [0.717, 1.165) is 15.8 Å². The highest BCUT2D eigenvalue weighted by molar-refractivity contribution is 7.89. The first-order chi connectivity index (χ1) is 17.4. The Labute approximate surface area is 211 Å². The van der Waals surface area contributed by atoms with Crippen LogP contribution in [0.2, 0.25) is 0 Å². The maximum Gasteiger partial charge on any atom is 0.228 e. The number of nitrogens with zero attached hydrogens (tertiary/aromatic N) is 9. The van der Waals surface area contributed by atoms with Gasteiger partial charge in [0.15, 0.2) is 0 Å². The van der Waals surface area contributed by atoms with E-state index in [-0.39, 0.29) is 25.3 Å². The second-order valence-corrected chi connectivity index (χ2v) is 11.6. The van der Waals surface area contributed by atoms with Crippen LogP contribution in [-0.2, 0) is 22.1 Å². The third-order valence-electron chi connectivity index (χ3n) is 6.10. The van der Waals surface area contributed by atoms with E-state index in [0.29, 0.717) is 30.3 Å². The van der Waals surface area contributed by atoms with Crippen molar-refractivity contribution in [2.24, 2.45) is 0 Å². The fourth-order valence-corrected chi connectivity index (χ4v) is 6.22. The van der Waals surface area contributed by atoms with E-state index in [1.54, 1.807) is 34.9 Å². The van der Waals surface area contributed by atoms with Gasteiger partial charge in [0.25, 0.3) is 0 Å². The van der Waals surface area contributed by atoms with Gasteiger partial charge in [-0.15, -0.1) is 11.3 Å². The van der Waals surface area contributed by atoms with Gasteiger partial charge in [0, 0.05) is 31.0 Å². The van der Waals surface area contributed by atoms with Gasteiger partial charge >= 0.3 is 0 Å². The monoisotopic (exact) mass is 522 g/mol. The predicted molar refractivity (Wildman–Crippen MR) is 134 cm³/mol. The molecular formula is C22H22N10O2S2. The molecule has 184 valence electrons. The number of hydrogen-bond acceptors (Lipinski definition) is 10. The van der Waals surface area contributed by atoms with Gasteiger partial charge in [0.2, 0.25) is 16.0 Å². The van der Waals surface area contributed by atoms with Crippen LogP contribution < -0.4 is 5.32 Å². The lowest BCUT2D eigenvalue weighted by Crippen LogP contribution is -2.64. The largest absolute Gasteiger partial charge is 0.321 e. The van der Waals surface area contributed by atoms with Gasteiger partial charge in [-0.3, -0.25) is 9.36 Å². The number of nitriles is 2. The Balaban J connectivity index is 1.45. The number of anilines is 2. The summed E-state index contributed by atoms with van der Waals surface area (Å²) in [5.74, 6) is 0.406. The molecule has 4 aromatic heterocycles. The van der Waals surface area contributed by atoms with Gasteiger partial charge < -0.3 is 5.32 Å². The summed E-state index contributed by atoms with van der Waals surface area (Å²) in [6.07, 6.45) is 7.44. The molecule has 5 heterocycles. The van der Waals surface area contributed by atoms with E-state index in [4.69, 9.17) is 10.2 Å². The average molecular weight is 523 g/mol. The fourth-order valence-electron chi connectivity index (χ4n) is 4.14. The molecule has 0 bridgehead atoms. The van der Waals surface area contributed by atoms with Crippen LogP contribution in [0.1, 0.15) is 19.8 Å². The standard InChI is InChI=1S/C22H22N10O2S2/c1-2-36(33,34)31-14-22(15-31,5-7-24)32-12-16(10-26-32)19-20-18(4-9-35-20)28-21(29-19)27-17-11-25-30(13-17)8-3-6-23/h4,9-13H,2-3,5,8,14-15H2,1H3,(H,27,28,29). The van der Waals surface area contributed by atoms with Crippen molar-refractivity contribution >= 4 is 43.2 Å². The van der Waals surface area contributed by atoms with Crippen molar-refractivity contribution in [3.8, 4) is 23.4 Å². The highest BCUT2D eigenvalue weighted by atomic mass is 32.2. The van der Waals surface area contributed by atoms with Crippen molar-refractivity contribution in [3.63, 3.8) is 0 Å². The highest BCUT2D eigenvalue weighted by Gasteiger charge is 2.49. The van der Waals surface area contributed by atoms with Gasteiger partial charge in [-0.25, -0.2) is 18.4 Å². The molecule has 0 aliphatic carbocycles. The second-order valence-electron chi connectivity index (χ2n) is 8.46. The lowest BCUT2D eigenvalue weighted by Gasteiger charge is -2.47. The Morgan fingerprint density at radius 3 is 2.75 bits per heavy atom. The molecule has 12 nitrogen and oxygen atoms in total. The third kappa shape index (κ3) is 4.30. The molecule has 0 spiro atoms. The lowest BCUT2D eigenvalue weighted by molar-refractivity contribution is 0.0719. The molecule has 0 saturated carbocycles. The van der Waals surface area contributed by atoms with Crippen LogP contribution >= 0.6 is 11.3 Å². The van der Waals surface area contributed by atoms with Crippen molar-refractivity contribution in [2.75, 3.05) is 24.2 Å². The minimum absolute atomic E-state index is 0.0181. The molecule has 0 atom stereocenters. The Morgan fingerprint density at radius 1 is 1.17 bits per heavy atom. The molecule has 1 fully saturated rings. The quantitative estimate of drug-likeness (QED) is 0.349. The van der Waals surface area contributed by atoms with Crippen molar-refractivity contribution in [1.82, 2.24) is 33.8 Å². The number of nitrogens with one attached hydrogen (secondary N) is 1. The van der Waals surface area contributed by atoms with Gasteiger partial charge in [-0.2, -0.15) is 25.0 Å². The topological polar surface area (TPSA) is 158 Å². The predicted octanol–water partition coefficient (Wildman–Crippen LogP) is 2.68. The van der Waals surface area contributed by atoms with Crippen molar-refractivity contribution < 1.29 is 8.42 Å². The van der Waals surface area contributed by atoms with Crippen LogP contribution in [0.4, 0.5) is 11.6 Å². The van der Waals surface area contributed by atoms with Gasteiger partial charge in [-0.1, -0.05) is 0 Å². The highest BCUT2D eigenvalue weighted by Crippen LogP contribution is 2.37. The summed E-state index contributed by atoms with van der Waals surface area (Å²) < 4.78 is 30.2. The first kappa shape index (κ1) is 23.9. The van der Waals surface area contributed by atoms with Crippen LogP contribution in [0, 0.1) is 22.7 Å². The number of aromatic nitrogens is 6. The van der Waals surface area contributed by atoms with E-state index in [9.17, 15) is 13.7 Å². The van der Waals surface area contributed by atoms with Crippen LogP contribution in [-0.4, -0.2) is 61.1 Å². The molecular weight excluding hydrogens is 500 g/mol. The number of fused-ring (bicyclic) bond motifs is 1. The lowest BCUT2D eigenvalue weighted by atomic mass is 9.89. The normalized spacial score (nSPS) is 15.3. The van der Waals surface area contributed by atoms with E-state index in [1.807, 2.05) is 17.6 Å². The summed E-state index contributed by atoms with van der Waals surface area (Å²) >= 11 is 1.51. The maximum absolute atomic E-state index is 12.3. The van der Waals surface area contributed by atoms with Gasteiger partial charge in [-0.05, 0) is 18.4 Å². The molecule has 1 N–H and O–H groups in total. The summed E-state index contributed by atoms with van der Waals surface area (Å²) in [4.78, 5) is 9.34. The molecule has 0 aromatic carbocycles. The molecule has 1 aliphatic heterocycles. The summed E-state index contributed by atoms with van der Waals surface area (Å²) in [6.45, 7) is 2.52. The molecule has 5 rings (SSSR count). The molecule has 1 saturated heterocycles. The summed E-state index contributed by atoms with van der Waals surface area (Å²) in [5.41, 5.74) is 2.18. The Morgan fingerprint density at radius 2 is 2.00 bits per heavy atom. The van der Waals surface area contributed by atoms with Gasteiger partial charge in [0.1, 0.15) is 5.54 Å². The van der Waals surface area contributed by atoms with Crippen LogP contribution in [0.5, 0.6) is 0 Å². The minimum Gasteiger partial charge on any atom is -0.321 e. The first-order valence-corrected chi connectivity index (χ1v) is 13.7. The summed E-state index contributed by atoms with van der Waals surface area (Å²) in [6, 6.07) is 6.19. The number of hydrogen-bond donors (Lipinski definition) is 1. The van der Waals surface area contributed by atoms with Crippen LogP contribution in [0.25, 0.3) is 21.5 Å². The smallest absolute Gasteiger partial charge is 0.228 e. The Bertz CT molecular complexity index is 1600. The van der Waals surface area contributed by atoms with Crippen molar-refractivity contribution in [2.45, 2.75) is 31.8 Å². The zero-order valence-corrected chi connectivity index (χ0v) is 21.0. The van der Waals surface area contributed by atoms with E-state index < -0.39 is 15.6 Å². The molecule has 0 unspecified atom stereocenters. The summed E-state index contributed by atoms with van der Waals surface area (Å²) in [7, 11) is -3.33. The van der Waals surface area contributed by atoms with Crippen LogP contribution in [0.15, 0.2) is 36.2 Å². The maximum atomic E-state index is 12.3. The van der Waals surface area contributed by atoms with Crippen molar-refractivity contribution in [1.29, 1.82) is 10.5 Å². The molecule has 0 radical (unpaired) electrons. The van der Waals surface area contributed by atoms with E-state index in [2.05, 4.69) is 32.6 Å². The third-order valence-corrected chi connectivity index (χ3v) is 8.78. The molecule has 0 amide bonds. The number of sulfonamides is 1. The second kappa shape index (κ2) is 9.31. The SMILES string of the molecule is CCS(=O)(=O)N1CC(CC#N)(n2cc(-c3nc(Nc4cnn(CCC#N)c4)nc4ccsc34)cn2)C1. The number of aryl methyl sites for hydroxylation is 1. The zero-order chi connectivity index (χ0) is 25.3. The Kier molecular flexibility index (Phi) is 6.17. The summed E-state index contributed by atoms with van der Waals surface area (Å²) in [5, 5.41) is 32.1. The number of thiophene rings is 1. The minimum atomic E-state index is -3.33.